The molecular formula is C24H26N8O2. The Bertz CT molecular complexity index is 1320. The van der Waals surface area contributed by atoms with Crippen LogP contribution in [0.4, 0.5) is 5.69 Å². The van der Waals surface area contributed by atoms with E-state index in [4.69, 9.17) is 10.7 Å². The summed E-state index contributed by atoms with van der Waals surface area (Å²) in [5, 5.41) is 23.4. The van der Waals surface area contributed by atoms with E-state index in [0.717, 1.165) is 17.7 Å². The number of anilines is 1. The molecule has 3 heterocycles. The summed E-state index contributed by atoms with van der Waals surface area (Å²) in [6.07, 6.45) is 3.88. The first-order valence-electron chi connectivity index (χ1n) is 11.1. The molecule has 1 fully saturated rings. The molecule has 1 aliphatic rings. The number of aryl methyl sites for hydroxylation is 1. The van der Waals surface area contributed by atoms with E-state index in [0.29, 0.717) is 35.5 Å². The zero-order valence-corrected chi connectivity index (χ0v) is 19.3. The molecule has 4 rings (SSSR count). The lowest BCUT2D eigenvalue weighted by molar-refractivity contribution is -0.137. The Kier molecular flexibility index (Phi) is 6.27. The molecule has 0 spiro atoms. The second kappa shape index (κ2) is 9.31. The van der Waals surface area contributed by atoms with Crippen molar-refractivity contribution in [2.24, 2.45) is 5.92 Å². The van der Waals surface area contributed by atoms with E-state index in [1.807, 2.05) is 18.2 Å². The number of nitrogens with one attached hydrogen (secondary N) is 4. The van der Waals surface area contributed by atoms with Crippen molar-refractivity contribution < 1.29 is 9.59 Å². The molecule has 0 radical (unpaired) electrons. The highest BCUT2D eigenvalue weighted by atomic mass is 16.2. The number of aromatic amines is 1. The zero-order valence-electron chi connectivity index (χ0n) is 19.3. The van der Waals surface area contributed by atoms with Gasteiger partial charge in [-0.15, -0.1) is 0 Å². The lowest BCUT2D eigenvalue weighted by Gasteiger charge is -2.37. The van der Waals surface area contributed by atoms with Gasteiger partial charge in [0.2, 0.25) is 5.91 Å². The van der Waals surface area contributed by atoms with Gasteiger partial charge in [-0.05, 0) is 25.0 Å². The van der Waals surface area contributed by atoms with Gasteiger partial charge in [-0.3, -0.25) is 15.0 Å². The van der Waals surface area contributed by atoms with E-state index in [1.165, 1.54) is 12.4 Å². The maximum atomic E-state index is 12.9. The fraction of sp³-hybridized carbons (Fsp3) is 0.333. The SMILES string of the molecule is CCc1ccc(C(=N)c2cnc3[nH]cc(C(=O)NC(C)C(=O)N4CC(C#N)C4)c3n2)c(NC)c1. The van der Waals surface area contributed by atoms with Crippen molar-refractivity contribution in [3.63, 3.8) is 0 Å². The quantitative estimate of drug-likeness (QED) is 0.398. The minimum Gasteiger partial charge on any atom is -0.388 e. The number of nitriles is 1. The van der Waals surface area contributed by atoms with Crippen LogP contribution in [0.15, 0.2) is 30.6 Å². The van der Waals surface area contributed by atoms with E-state index in [1.54, 1.807) is 18.9 Å². The Morgan fingerprint density at radius 3 is 2.79 bits per heavy atom. The van der Waals surface area contributed by atoms with Gasteiger partial charge in [-0.1, -0.05) is 19.1 Å². The summed E-state index contributed by atoms with van der Waals surface area (Å²) >= 11 is 0. The third kappa shape index (κ3) is 4.20. The highest BCUT2D eigenvalue weighted by Gasteiger charge is 2.33. The molecule has 10 nitrogen and oxygen atoms in total. The van der Waals surface area contributed by atoms with Gasteiger partial charge < -0.3 is 20.5 Å². The van der Waals surface area contributed by atoms with E-state index in [9.17, 15) is 9.59 Å². The topological polar surface area (TPSA) is 151 Å². The molecule has 10 heteroatoms. The Morgan fingerprint density at radius 2 is 2.12 bits per heavy atom. The number of benzene rings is 1. The molecule has 0 aliphatic carbocycles. The van der Waals surface area contributed by atoms with Gasteiger partial charge in [-0.2, -0.15) is 5.26 Å². The Labute approximate surface area is 196 Å². The molecule has 4 N–H and O–H groups in total. The molecule has 1 unspecified atom stereocenters. The monoisotopic (exact) mass is 458 g/mol. The number of carbonyl (C=O) groups is 2. The Hall–Kier alpha value is -4.26. The third-order valence-electron chi connectivity index (χ3n) is 6.01. The highest BCUT2D eigenvalue weighted by Crippen LogP contribution is 2.22. The zero-order chi connectivity index (χ0) is 24.4. The van der Waals surface area contributed by atoms with Crippen LogP contribution in [0, 0.1) is 22.7 Å². The lowest BCUT2D eigenvalue weighted by Crippen LogP contribution is -2.55. The van der Waals surface area contributed by atoms with E-state index in [-0.39, 0.29) is 23.1 Å². The summed E-state index contributed by atoms with van der Waals surface area (Å²) in [4.78, 5) is 38.8. The smallest absolute Gasteiger partial charge is 0.255 e. The number of hydrogen-bond acceptors (Lipinski definition) is 7. The Balaban J connectivity index is 1.56. The number of fused-ring (bicyclic) bond motifs is 1. The van der Waals surface area contributed by atoms with Crippen molar-refractivity contribution in [1.29, 1.82) is 10.7 Å². The molecule has 3 aromatic rings. The van der Waals surface area contributed by atoms with Gasteiger partial charge in [-0.25, -0.2) is 9.97 Å². The van der Waals surface area contributed by atoms with Gasteiger partial charge >= 0.3 is 0 Å². The standard InChI is InChI=1S/C24H26N8O2/c1-4-14-5-6-16(18(7-14)27-3)20(26)19-10-29-22-21(31-19)17(9-28-22)23(33)30-13(2)24(34)32-11-15(8-25)12-32/h5-7,9-10,13,15,26-27H,4,11-12H2,1-3H3,(H,28,29)(H,30,33). The molecule has 2 amide bonds. The van der Waals surface area contributed by atoms with Crippen LogP contribution in [0.3, 0.4) is 0 Å². The average Bonchev–Trinajstić information content (AvgIpc) is 3.25. The van der Waals surface area contributed by atoms with Crippen molar-refractivity contribution in [2.45, 2.75) is 26.3 Å². The number of nitrogens with zero attached hydrogens (tertiary/aromatic N) is 4. The molecule has 0 saturated carbocycles. The van der Waals surface area contributed by atoms with Crippen molar-refractivity contribution in [3.8, 4) is 6.07 Å². The summed E-state index contributed by atoms with van der Waals surface area (Å²) in [6.45, 7) is 4.44. The van der Waals surface area contributed by atoms with Crippen LogP contribution >= 0.6 is 0 Å². The fourth-order valence-electron chi connectivity index (χ4n) is 3.91. The number of likely N-dealkylation sites (tertiary alicyclic amines) is 1. The van der Waals surface area contributed by atoms with Crippen LogP contribution in [-0.2, 0) is 11.2 Å². The minimum atomic E-state index is -0.748. The largest absolute Gasteiger partial charge is 0.388 e. The van der Waals surface area contributed by atoms with Gasteiger partial charge in [0.25, 0.3) is 5.91 Å². The molecule has 1 atom stereocenters. The highest BCUT2D eigenvalue weighted by molar-refractivity contribution is 6.14. The maximum Gasteiger partial charge on any atom is 0.255 e. The second-order valence-corrected chi connectivity index (χ2v) is 8.28. The third-order valence-corrected chi connectivity index (χ3v) is 6.01. The predicted molar refractivity (Wildman–Crippen MR) is 128 cm³/mol. The molecular weight excluding hydrogens is 432 g/mol. The summed E-state index contributed by atoms with van der Waals surface area (Å²) < 4.78 is 0. The lowest BCUT2D eigenvalue weighted by atomic mass is 10.0. The first-order valence-corrected chi connectivity index (χ1v) is 11.1. The van der Waals surface area contributed by atoms with Gasteiger partial charge in [0.05, 0.1) is 29.5 Å². The minimum absolute atomic E-state index is 0.147. The first kappa shape index (κ1) is 22.9. The van der Waals surface area contributed by atoms with Crippen LogP contribution in [0.25, 0.3) is 11.2 Å². The maximum absolute atomic E-state index is 12.9. The molecule has 1 saturated heterocycles. The number of rotatable bonds is 7. The van der Waals surface area contributed by atoms with Crippen LogP contribution < -0.4 is 10.6 Å². The van der Waals surface area contributed by atoms with Crippen LogP contribution in [0.1, 0.15) is 41.0 Å². The van der Waals surface area contributed by atoms with Crippen LogP contribution in [-0.4, -0.2) is 63.6 Å². The molecule has 0 bridgehead atoms. The summed E-state index contributed by atoms with van der Waals surface area (Å²) in [7, 11) is 1.80. The second-order valence-electron chi connectivity index (χ2n) is 8.28. The van der Waals surface area contributed by atoms with E-state index in [2.05, 4.69) is 38.6 Å². The summed E-state index contributed by atoms with van der Waals surface area (Å²) in [6, 6.07) is 7.23. The average molecular weight is 459 g/mol. The molecule has 174 valence electrons. The number of H-pyrrole nitrogens is 1. The van der Waals surface area contributed by atoms with Crippen molar-refractivity contribution in [3.05, 3.63) is 53.0 Å². The van der Waals surface area contributed by atoms with Crippen molar-refractivity contribution >= 4 is 34.4 Å². The predicted octanol–water partition coefficient (Wildman–Crippen LogP) is 2.08. The van der Waals surface area contributed by atoms with E-state index < -0.39 is 11.9 Å². The number of carbonyl (C=O) groups excluding carboxylic acids is 2. The number of amides is 2. The normalized spacial score (nSPS) is 14.2. The number of aromatic nitrogens is 3. The van der Waals surface area contributed by atoms with Gasteiger partial charge in [0.1, 0.15) is 17.3 Å². The fourth-order valence-corrected chi connectivity index (χ4v) is 3.91. The van der Waals surface area contributed by atoms with Gasteiger partial charge in [0.15, 0.2) is 5.65 Å². The first-order chi connectivity index (χ1) is 16.4. The van der Waals surface area contributed by atoms with Gasteiger partial charge in [0, 0.05) is 37.6 Å². The molecule has 2 aromatic heterocycles. The van der Waals surface area contributed by atoms with Crippen LogP contribution in [0.2, 0.25) is 0 Å². The summed E-state index contributed by atoms with van der Waals surface area (Å²) in [5.74, 6) is -0.847. The summed E-state index contributed by atoms with van der Waals surface area (Å²) in [5.41, 5.74) is 4.13. The van der Waals surface area contributed by atoms with Crippen LogP contribution in [0.5, 0.6) is 0 Å². The van der Waals surface area contributed by atoms with E-state index >= 15 is 0 Å². The molecule has 34 heavy (non-hydrogen) atoms. The van der Waals surface area contributed by atoms with Crippen molar-refractivity contribution in [2.75, 3.05) is 25.5 Å². The van der Waals surface area contributed by atoms with Crippen molar-refractivity contribution in [1.82, 2.24) is 25.2 Å². The molecule has 1 aromatic carbocycles. The molecule has 1 aliphatic heterocycles. The number of hydrogen-bond donors (Lipinski definition) is 4. The Morgan fingerprint density at radius 1 is 1.35 bits per heavy atom.